The minimum Gasteiger partial charge on any atom is -0.493 e. The average Bonchev–Trinajstić information content (AvgIpc) is 2.58. The number of hydrogen-bond donors (Lipinski definition) is 1. The molecule has 0 aliphatic carbocycles. The second-order valence-corrected chi connectivity index (χ2v) is 7.05. The first-order valence-corrected chi connectivity index (χ1v) is 9.16. The summed E-state index contributed by atoms with van der Waals surface area (Å²) >= 11 is 0. The quantitative estimate of drug-likeness (QED) is 0.763. The Morgan fingerprint density at radius 3 is 2.29 bits per heavy atom. The number of rotatable bonds is 7. The van der Waals surface area contributed by atoms with Gasteiger partial charge in [-0.1, -0.05) is 38.1 Å². The van der Waals surface area contributed by atoms with Crippen LogP contribution in [0.5, 0.6) is 11.5 Å². The molecule has 2 rings (SSSR count). The molecule has 24 heavy (non-hydrogen) atoms. The SMILES string of the molecule is CCC(C)c1ccc(COc2ccc(S(=O)(=O)O)cc2OC)cc1. The largest absolute Gasteiger partial charge is 0.493 e. The minimum absolute atomic E-state index is 0.232. The van der Waals surface area contributed by atoms with Crippen LogP contribution < -0.4 is 9.47 Å². The van der Waals surface area contributed by atoms with Gasteiger partial charge in [-0.2, -0.15) is 8.42 Å². The fourth-order valence-electron chi connectivity index (χ4n) is 2.27. The summed E-state index contributed by atoms with van der Waals surface area (Å²) in [6.45, 7) is 4.68. The summed E-state index contributed by atoms with van der Waals surface area (Å²) in [4.78, 5) is -0.232. The molecule has 0 spiro atoms. The molecule has 1 unspecified atom stereocenters. The van der Waals surface area contributed by atoms with Crippen molar-refractivity contribution >= 4 is 10.1 Å². The Morgan fingerprint density at radius 2 is 1.75 bits per heavy atom. The van der Waals surface area contributed by atoms with Crippen LogP contribution in [0, 0.1) is 0 Å². The van der Waals surface area contributed by atoms with Crippen molar-refractivity contribution < 1.29 is 22.4 Å². The minimum atomic E-state index is -4.27. The molecule has 6 heteroatoms. The van der Waals surface area contributed by atoms with Gasteiger partial charge >= 0.3 is 0 Å². The molecule has 5 nitrogen and oxygen atoms in total. The first-order valence-electron chi connectivity index (χ1n) is 7.72. The fourth-order valence-corrected chi connectivity index (χ4v) is 2.76. The lowest BCUT2D eigenvalue weighted by molar-refractivity contribution is 0.284. The number of benzene rings is 2. The summed E-state index contributed by atoms with van der Waals surface area (Å²) < 4.78 is 42.2. The summed E-state index contributed by atoms with van der Waals surface area (Å²) in [6, 6.07) is 12.2. The van der Waals surface area contributed by atoms with Crippen LogP contribution in [0.15, 0.2) is 47.4 Å². The Labute approximate surface area is 143 Å². The van der Waals surface area contributed by atoms with Gasteiger partial charge in [0.05, 0.1) is 12.0 Å². The maximum absolute atomic E-state index is 11.2. The van der Waals surface area contributed by atoms with Crippen LogP contribution in [-0.4, -0.2) is 20.1 Å². The molecule has 0 heterocycles. The zero-order valence-corrected chi connectivity index (χ0v) is 14.8. The van der Waals surface area contributed by atoms with Crippen molar-refractivity contribution in [3.8, 4) is 11.5 Å². The highest BCUT2D eigenvalue weighted by Gasteiger charge is 2.14. The molecule has 130 valence electrons. The Balaban J connectivity index is 2.11. The van der Waals surface area contributed by atoms with Crippen LogP contribution in [0.1, 0.15) is 37.3 Å². The lowest BCUT2D eigenvalue weighted by Crippen LogP contribution is -2.02. The van der Waals surface area contributed by atoms with Crippen LogP contribution in [0.2, 0.25) is 0 Å². The Morgan fingerprint density at radius 1 is 1.08 bits per heavy atom. The normalized spacial score (nSPS) is 12.7. The molecule has 1 N–H and O–H groups in total. The molecule has 0 aliphatic heterocycles. The maximum Gasteiger partial charge on any atom is 0.294 e. The van der Waals surface area contributed by atoms with Crippen LogP contribution in [0.4, 0.5) is 0 Å². The molecule has 0 saturated heterocycles. The van der Waals surface area contributed by atoms with Gasteiger partial charge in [0.25, 0.3) is 10.1 Å². The number of hydrogen-bond acceptors (Lipinski definition) is 4. The lowest BCUT2D eigenvalue weighted by Gasteiger charge is -2.13. The number of ether oxygens (including phenoxy) is 2. The molecule has 0 saturated carbocycles. The highest BCUT2D eigenvalue weighted by molar-refractivity contribution is 7.85. The van der Waals surface area contributed by atoms with E-state index in [1.165, 1.54) is 30.9 Å². The van der Waals surface area contributed by atoms with Gasteiger partial charge in [0.15, 0.2) is 11.5 Å². The highest BCUT2D eigenvalue weighted by atomic mass is 32.2. The maximum atomic E-state index is 11.2. The van der Waals surface area contributed by atoms with Crippen LogP contribution in [0.25, 0.3) is 0 Å². The third-order valence-electron chi connectivity index (χ3n) is 3.99. The van der Waals surface area contributed by atoms with E-state index in [2.05, 4.69) is 26.0 Å². The van der Waals surface area contributed by atoms with Crippen molar-refractivity contribution in [1.82, 2.24) is 0 Å². The molecule has 0 amide bonds. The third-order valence-corrected chi connectivity index (χ3v) is 4.84. The second-order valence-electron chi connectivity index (χ2n) is 5.63. The second kappa shape index (κ2) is 7.68. The van der Waals surface area contributed by atoms with Crippen LogP contribution in [-0.2, 0) is 16.7 Å². The Kier molecular flexibility index (Phi) is 5.85. The van der Waals surface area contributed by atoms with Crippen molar-refractivity contribution in [3.05, 3.63) is 53.6 Å². The smallest absolute Gasteiger partial charge is 0.294 e. The molecule has 1 atom stereocenters. The van der Waals surface area contributed by atoms with Gasteiger partial charge in [0, 0.05) is 6.07 Å². The predicted molar refractivity (Wildman–Crippen MR) is 92.3 cm³/mol. The molecular weight excluding hydrogens is 328 g/mol. The third kappa shape index (κ3) is 4.49. The first kappa shape index (κ1) is 18.3. The molecular formula is C18H22O5S. The summed E-state index contributed by atoms with van der Waals surface area (Å²) in [5.41, 5.74) is 2.29. The van der Waals surface area contributed by atoms with E-state index >= 15 is 0 Å². The first-order chi connectivity index (χ1) is 11.3. The summed E-state index contributed by atoms with van der Waals surface area (Å²) in [5.74, 6) is 1.19. The van der Waals surface area contributed by atoms with E-state index in [-0.39, 0.29) is 10.6 Å². The van der Waals surface area contributed by atoms with Gasteiger partial charge < -0.3 is 9.47 Å². The molecule has 0 aromatic heterocycles. The van der Waals surface area contributed by atoms with Crippen molar-refractivity contribution in [3.63, 3.8) is 0 Å². The lowest BCUT2D eigenvalue weighted by atomic mass is 9.98. The molecule has 2 aromatic rings. The van der Waals surface area contributed by atoms with E-state index in [9.17, 15) is 8.42 Å². The van der Waals surface area contributed by atoms with Gasteiger partial charge in [-0.3, -0.25) is 4.55 Å². The average molecular weight is 350 g/mol. The van der Waals surface area contributed by atoms with Gasteiger partial charge in [0.2, 0.25) is 0 Å². The standard InChI is InChI=1S/C18H22O5S/c1-4-13(2)15-7-5-14(6-8-15)12-23-17-10-9-16(24(19,20)21)11-18(17)22-3/h5-11,13H,4,12H2,1-3H3,(H,19,20,21). The molecule has 0 aliphatic rings. The summed E-state index contributed by atoms with van der Waals surface area (Å²) in [5, 5.41) is 0. The summed E-state index contributed by atoms with van der Waals surface area (Å²) in [6.07, 6.45) is 1.09. The van der Waals surface area contributed by atoms with Gasteiger partial charge in [0.1, 0.15) is 6.61 Å². The molecule has 0 radical (unpaired) electrons. The monoisotopic (exact) mass is 350 g/mol. The van der Waals surface area contributed by atoms with Crippen molar-refractivity contribution in [2.45, 2.75) is 37.7 Å². The van der Waals surface area contributed by atoms with E-state index < -0.39 is 10.1 Å². The van der Waals surface area contributed by atoms with Crippen LogP contribution in [0.3, 0.4) is 0 Å². The van der Waals surface area contributed by atoms with E-state index in [1.54, 1.807) is 0 Å². The predicted octanol–water partition coefficient (Wildman–Crippen LogP) is 4.03. The van der Waals surface area contributed by atoms with Crippen molar-refractivity contribution in [1.29, 1.82) is 0 Å². The Bertz CT molecular complexity index is 782. The van der Waals surface area contributed by atoms with Crippen molar-refractivity contribution in [2.75, 3.05) is 7.11 Å². The Hall–Kier alpha value is -2.05. The van der Waals surface area contributed by atoms with E-state index in [0.717, 1.165) is 12.0 Å². The molecule has 0 fully saturated rings. The van der Waals surface area contributed by atoms with E-state index in [4.69, 9.17) is 14.0 Å². The zero-order chi connectivity index (χ0) is 17.7. The topological polar surface area (TPSA) is 72.8 Å². The van der Waals surface area contributed by atoms with E-state index in [0.29, 0.717) is 18.3 Å². The highest BCUT2D eigenvalue weighted by Crippen LogP contribution is 2.30. The van der Waals surface area contributed by atoms with Gasteiger partial charge in [-0.05, 0) is 35.6 Å². The van der Waals surface area contributed by atoms with Crippen molar-refractivity contribution in [2.24, 2.45) is 0 Å². The van der Waals surface area contributed by atoms with Crippen LogP contribution >= 0.6 is 0 Å². The molecule has 0 bridgehead atoms. The molecule has 2 aromatic carbocycles. The van der Waals surface area contributed by atoms with E-state index in [1.807, 2.05) is 12.1 Å². The summed E-state index contributed by atoms with van der Waals surface area (Å²) in [7, 11) is -2.86. The van der Waals surface area contributed by atoms with Gasteiger partial charge in [-0.15, -0.1) is 0 Å². The number of methoxy groups -OCH3 is 1. The van der Waals surface area contributed by atoms with Gasteiger partial charge in [-0.25, -0.2) is 0 Å². The fraction of sp³-hybridized carbons (Fsp3) is 0.333. The zero-order valence-electron chi connectivity index (χ0n) is 14.0.